The molecular formula is C15H19N5O. The Morgan fingerprint density at radius 3 is 2.90 bits per heavy atom. The highest BCUT2D eigenvalue weighted by Gasteiger charge is 2.31. The van der Waals surface area contributed by atoms with Crippen LogP contribution >= 0.6 is 0 Å². The Labute approximate surface area is 123 Å². The summed E-state index contributed by atoms with van der Waals surface area (Å²) in [6.07, 6.45) is 5.22. The minimum absolute atomic E-state index is 0.00208. The zero-order chi connectivity index (χ0) is 14.8. The SMILES string of the molecule is Cc1cccnc1C(=O)N1CCN(C)[C@@H](c2ncc[nH]2)C1. The van der Waals surface area contributed by atoms with Crippen LogP contribution in [0.2, 0.25) is 0 Å². The number of carbonyl (C=O) groups excluding carboxylic acids is 1. The maximum Gasteiger partial charge on any atom is 0.272 e. The number of aryl methyl sites for hydroxylation is 1. The summed E-state index contributed by atoms with van der Waals surface area (Å²) in [7, 11) is 2.06. The van der Waals surface area contributed by atoms with E-state index in [2.05, 4.69) is 26.9 Å². The largest absolute Gasteiger partial charge is 0.347 e. The van der Waals surface area contributed by atoms with E-state index in [0.717, 1.165) is 17.9 Å². The predicted molar refractivity (Wildman–Crippen MR) is 78.8 cm³/mol. The van der Waals surface area contributed by atoms with Crippen LogP contribution in [-0.2, 0) is 0 Å². The van der Waals surface area contributed by atoms with Crippen LogP contribution in [0.25, 0.3) is 0 Å². The van der Waals surface area contributed by atoms with Gasteiger partial charge in [0, 0.05) is 38.2 Å². The smallest absolute Gasteiger partial charge is 0.272 e. The Bertz CT molecular complexity index is 625. The molecule has 1 aliphatic rings. The van der Waals surface area contributed by atoms with Gasteiger partial charge in [-0.05, 0) is 25.6 Å². The zero-order valence-corrected chi connectivity index (χ0v) is 12.3. The van der Waals surface area contributed by atoms with Crippen molar-refractivity contribution in [3.63, 3.8) is 0 Å². The summed E-state index contributed by atoms with van der Waals surface area (Å²) >= 11 is 0. The summed E-state index contributed by atoms with van der Waals surface area (Å²) in [5, 5.41) is 0. The van der Waals surface area contributed by atoms with Crippen LogP contribution in [0, 0.1) is 6.92 Å². The highest BCUT2D eigenvalue weighted by Crippen LogP contribution is 2.22. The van der Waals surface area contributed by atoms with Crippen molar-refractivity contribution >= 4 is 5.91 Å². The summed E-state index contributed by atoms with van der Waals surface area (Å²) in [4.78, 5) is 28.4. The molecule has 1 aliphatic heterocycles. The van der Waals surface area contributed by atoms with Crippen molar-refractivity contribution in [2.75, 3.05) is 26.7 Å². The highest BCUT2D eigenvalue weighted by molar-refractivity contribution is 5.93. The van der Waals surface area contributed by atoms with Gasteiger partial charge in [0.05, 0.1) is 6.04 Å². The molecule has 1 fully saturated rings. The maximum absolute atomic E-state index is 12.7. The lowest BCUT2D eigenvalue weighted by molar-refractivity contribution is 0.0528. The van der Waals surface area contributed by atoms with E-state index in [1.807, 2.05) is 30.2 Å². The summed E-state index contributed by atoms with van der Waals surface area (Å²) < 4.78 is 0. The number of H-pyrrole nitrogens is 1. The number of aromatic nitrogens is 3. The molecule has 2 aromatic rings. The molecule has 1 N–H and O–H groups in total. The number of hydrogen-bond acceptors (Lipinski definition) is 4. The average molecular weight is 285 g/mol. The Hall–Kier alpha value is -2.21. The van der Waals surface area contributed by atoms with Gasteiger partial charge >= 0.3 is 0 Å². The van der Waals surface area contributed by atoms with Gasteiger partial charge in [-0.2, -0.15) is 0 Å². The van der Waals surface area contributed by atoms with E-state index >= 15 is 0 Å². The third-order valence-corrected chi connectivity index (χ3v) is 3.98. The van der Waals surface area contributed by atoms with Crippen LogP contribution in [0.1, 0.15) is 27.9 Å². The fourth-order valence-corrected chi connectivity index (χ4v) is 2.67. The molecule has 1 amide bonds. The molecule has 110 valence electrons. The van der Waals surface area contributed by atoms with Gasteiger partial charge in [0.25, 0.3) is 5.91 Å². The van der Waals surface area contributed by atoms with Gasteiger partial charge in [-0.15, -0.1) is 0 Å². The Morgan fingerprint density at radius 2 is 2.19 bits per heavy atom. The van der Waals surface area contributed by atoms with E-state index < -0.39 is 0 Å². The van der Waals surface area contributed by atoms with Gasteiger partial charge in [-0.25, -0.2) is 4.98 Å². The van der Waals surface area contributed by atoms with E-state index in [-0.39, 0.29) is 11.9 Å². The monoisotopic (exact) mass is 285 g/mol. The second kappa shape index (κ2) is 5.65. The van der Waals surface area contributed by atoms with Crippen molar-refractivity contribution in [1.82, 2.24) is 24.8 Å². The molecule has 21 heavy (non-hydrogen) atoms. The fourth-order valence-electron chi connectivity index (χ4n) is 2.67. The van der Waals surface area contributed by atoms with Crippen molar-refractivity contribution in [2.24, 2.45) is 0 Å². The summed E-state index contributed by atoms with van der Waals surface area (Å²) in [5.41, 5.74) is 1.45. The molecule has 1 atom stereocenters. The Morgan fingerprint density at radius 1 is 1.33 bits per heavy atom. The van der Waals surface area contributed by atoms with Gasteiger partial charge in [-0.1, -0.05) is 6.07 Å². The lowest BCUT2D eigenvalue weighted by Crippen LogP contribution is -2.49. The zero-order valence-electron chi connectivity index (χ0n) is 12.3. The summed E-state index contributed by atoms with van der Waals surface area (Å²) in [5.74, 6) is 0.894. The normalized spacial score (nSPS) is 19.7. The second-order valence-electron chi connectivity index (χ2n) is 5.39. The molecule has 3 rings (SSSR count). The van der Waals surface area contributed by atoms with Crippen molar-refractivity contribution < 1.29 is 4.79 Å². The number of amides is 1. The molecule has 0 aliphatic carbocycles. The molecule has 0 saturated carbocycles. The molecule has 6 nitrogen and oxygen atoms in total. The number of piperazine rings is 1. The van der Waals surface area contributed by atoms with Crippen molar-refractivity contribution in [1.29, 1.82) is 0 Å². The Balaban J connectivity index is 1.80. The number of carbonyl (C=O) groups is 1. The summed E-state index contributed by atoms with van der Waals surface area (Å²) in [6, 6.07) is 3.86. The van der Waals surface area contributed by atoms with Crippen LogP contribution < -0.4 is 0 Å². The fraction of sp³-hybridized carbons (Fsp3) is 0.400. The standard InChI is InChI=1S/C15H19N5O/c1-11-4-3-5-16-13(11)15(21)20-9-8-19(2)12(10-20)14-17-6-7-18-14/h3-7,12H,8-10H2,1-2H3,(H,17,18)/t12-/m1/s1. The van der Waals surface area contributed by atoms with E-state index in [1.54, 1.807) is 12.4 Å². The number of aromatic amines is 1. The third-order valence-electron chi connectivity index (χ3n) is 3.98. The third kappa shape index (κ3) is 2.67. The van der Waals surface area contributed by atoms with Crippen LogP contribution in [0.5, 0.6) is 0 Å². The number of rotatable bonds is 2. The topological polar surface area (TPSA) is 65.1 Å². The number of nitrogens with zero attached hydrogens (tertiary/aromatic N) is 4. The van der Waals surface area contributed by atoms with Gasteiger partial charge in [-0.3, -0.25) is 14.7 Å². The number of nitrogens with one attached hydrogen (secondary N) is 1. The highest BCUT2D eigenvalue weighted by atomic mass is 16.2. The molecular weight excluding hydrogens is 266 g/mol. The second-order valence-corrected chi connectivity index (χ2v) is 5.39. The lowest BCUT2D eigenvalue weighted by Gasteiger charge is -2.38. The van der Waals surface area contributed by atoms with Crippen molar-refractivity contribution in [3.05, 3.63) is 47.8 Å². The van der Waals surface area contributed by atoms with E-state index in [4.69, 9.17) is 0 Å². The molecule has 2 aromatic heterocycles. The van der Waals surface area contributed by atoms with Crippen molar-refractivity contribution in [2.45, 2.75) is 13.0 Å². The number of imidazole rings is 1. The number of hydrogen-bond donors (Lipinski definition) is 1. The number of pyridine rings is 1. The quantitative estimate of drug-likeness (QED) is 0.901. The Kier molecular flexibility index (Phi) is 3.70. The van der Waals surface area contributed by atoms with Crippen LogP contribution in [0.15, 0.2) is 30.7 Å². The maximum atomic E-state index is 12.7. The van der Waals surface area contributed by atoms with Gasteiger partial charge in [0.2, 0.25) is 0 Å². The molecule has 3 heterocycles. The minimum atomic E-state index is -0.00208. The molecule has 0 aromatic carbocycles. The first-order valence-electron chi connectivity index (χ1n) is 7.07. The average Bonchev–Trinajstić information content (AvgIpc) is 3.01. The molecule has 0 bridgehead atoms. The lowest BCUT2D eigenvalue weighted by atomic mass is 10.1. The first kappa shape index (κ1) is 13.8. The van der Waals surface area contributed by atoms with E-state index in [9.17, 15) is 4.79 Å². The van der Waals surface area contributed by atoms with E-state index in [0.29, 0.717) is 18.8 Å². The minimum Gasteiger partial charge on any atom is -0.347 e. The van der Waals surface area contributed by atoms with Gasteiger partial charge in [0.1, 0.15) is 11.5 Å². The van der Waals surface area contributed by atoms with Crippen LogP contribution in [0.4, 0.5) is 0 Å². The molecule has 0 unspecified atom stereocenters. The first-order chi connectivity index (χ1) is 10.2. The molecule has 6 heteroatoms. The van der Waals surface area contributed by atoms with Gasteiger partial charge < -0.3 is 9.88 Å². The number of likely N-dealkylation sites (N-methyl/N-ethyl adjacent to an activating group) is 1. The first-order valence-corrected chi connectivity index (χ1v) is 7.07. The molecule has 1 saturated heterocycles. The molecule has 0 spiro atoms. The molecule has 0 radical (unpaired) electrons. The predicted octanol–water partition coefficient (Wildman–Crippen LogP) is 1.24. The van der Waals surface area contributed by atoms with Crippen molar-refractivity contribution in [3.8, 4) is 0 Å². The van der Waals surface area contributed by atoms with Crippen LogP contribution in [0.3, 0.4) is 0 Å². The van der Waals surface area contributed by atoms with Gasteiger partial charge in [0.15, 0.2) is 0 Å². The summed E-state index contributed by atoms with van der Waals surface area (Å²) in [6.45, 7) is 4.07. The van der Waals surface area contributed by atoms with Crippen LogP contribution in [-0.4, -0.2) is 57.3 Å². The van der Waals surface area contributed by atoms with E-state index in [1.165, 1.54) is 0 Å².